The van der Waals surface area contributed by atoms with Crippen LogP contribution < -0.4 is 4.74 Å². The third kappa shape index (κ3) is 4.29. The molecule has 2 rings (SSSR count). The molecule has 0 unspecified atom stereocenters. The van der Waals surface area contributed by atoms with Crippen molar-refractivity contribution in [1.29, 1.82) is 0 Å². The summed E-state index contributed by atoms with van der Waals surface area (Å²) in [5.41, 5.74) is 0. The fraction of sp³-hybridized carbons (Fsp3) is 0.154. The van der Waals surface area contributed by atoms with E-state index in [1.807, 2.05) is 18.2 Å². The Morgan fingerprint density at radius 1 is 1.18 bits per heavy atom. The van der Waals surface area contributed by atoms with Crippen LogP contribution in [-0.2, 0) is 0 Å². The van der Waals surface area contributed by atoms with E-state index in [2.05, 4.69) is 17.1 Å². The number of aromatic nitrogens is 1. The van der Waals surface area contributed by atoms with Crippen LogP contribution in [0.1, 0.15) is 0 Å². The third-order valence-corrected chi connectivity index (χ3v) is 3.23. The van der Waals surface area contributed by atoms with Gasteiger partial charge in [0.15, 0.2) is 0 Å². The summed E-state index contributed by atoms with van der Waals surface area (Å²) in [5.74, 6) is 1.61. The largest absolute Gasteiger partial charge is 0.491 e. The molecule has 17 heavy (non-hydrogen) atoms. The molecule has 1 aromatic carbocycles. The molecule has 0 aliphatic heterocycles. The zero-order chi connectivity index (χ0) is 11.9. The summed E-state index contributed by atoms with van der Waals surface area (Å²) >= 11 is 7.57. The number of ether oxygens (including phenoxy) is 1. The second-order valence-corrected chi connectivity index (χ2v) is 4.95. The van der Waals surface area contributed by atoms with Crippen molar-refractivity contribution in [3.63, 3.8) is 0 Å². The van der Waals surface area contributed by atoms with Crippen molar-refractivity contribution in [2.75, 3.05) is 12.4 Å². The van der Waals surface area contributed by atoms with Crippen LogP contribution in [0.25, 0.3) is 0 Å². The molecule has 0 radical (unpaired) electrons. The molecular weight excluding hydrogens is 254 g/mol. The van der Waals surface area contributed by atoms with Crippen LogP contribution in [0.15, 0.2) is 53.7 Å². The van der Waals surface area contributed by atoms with Gasteiger partial charge in [0.2, 0.25) is 0 Å². The highest BCUT2D eigenvalue weighted by Crippen LogP contribution is 2.18. The molecular formula is C13H12ClNOS. The molecule has 88 valence electrons. The van der Waals surface area contributed by atoms with Crippen molar-refractivity contribution >= 4 is 23.4 Å². The molecule has 0 saturated heterocycles. The van der Waals surface area contributed by atoms with Crippen molar-refractivity contribution in [2.24, 2.45) is 0 Å². The number of nitrogens with zero attached hydrogens (tertiary/aromatic N) is 1. The predicted octanol–water partition coefficient (Wildman–Crippen LogP) is 3.91. The Kier molecular flexibility index (Phi) is 4.71. The quantitative estimate of drug-likeness (QED) is 0.605. The number of thioether (sulfide) groups is 1. The van der Waals surface area contributed by atoms with E-state index in [1.165, 1.54) is 4.90 Å². The molecule has 0 N–H and O–H groups in total. The van der Waals surface area contributed by atoms with Crippen LogP contribution in [0.4, 0.5) is 0 Å². The van der Waals surface area contributed by atoms with Gasteiger partial charge in [0.25, 0.3) is 0 Å². The molecule has 0 aliphatic carbocycles. The molecule has 2 aromatic rings. The number of hydrogen-bond donors (Lipinski definition) is 0. The van der Waals surface area contributed by atoms with E-state index in [1.54, 1.807) is 30.2 Å². The molecule has 0 saturated carbocycles. The lowest BCUT2D eigenvalue weighted by Crippen LogP contribution is -2.00. The van der Waals surface area contributed by atoms with Crippen LogP contribution in [0.5, 0.6) is 5.75 Å². The second-order valence-electron chi connectivity index (χ2n) is 3.35. The van der Waals surface area contributed by atoms with E-state index in [9.17, 15) is 0 Å². The van der Waals surface area contributed by atoms with Gasteiger partial charge in [-0.3, -0.25) is 4.98 Å². The first-order chi connectivity index (χ1) is 8.34. The van der Waals surface area contributed by atoms with Gasteiger partial charge in [-0.25, -0.2) is 0 Å². The first-order valence-corrected chi connectivity index (χ1v) is 6.62. The zero-order valence-corrected chi connectivity index (χ0v) is 10.7. The van der Waals surface area contributed by atoms with E-state index in [0.717, 1.165) is 5.75 Å². The predicted molar refractivity (Wildman–Crippen MR) is 71.9 cm³/mol. The van der Waals surface area contributed by atoms with Gasteiger partial charge in [0.1, 0.15) is 5.75 Å². The van der Waals surface area contributed by atoms with E-state index in [0.29, 0.717) is 17.4 Å². The Bertz CT molecular complexity index is 464. The Balaban J connectivity index is 1.73. The molecule has 0 fully saturated rings. The Hall–Kier alpha value is -1.19. The van der Waals surface area contributed by atoms with Gasteiger partial charge in [-0.15, -0.1) is 11.8 Å². The fourth-order valence-electron chi connectivity index (χ4n) is 1.31. The minimum absolute atomic E-state index is 0.596. The summed E-state index contributed by atoms with van der Waals surface area (Å²) in [4.78, 5) is 5.21. The van der Waals surface area contributed by atoms with Gasteiger partial charge in [-0.1, -0.05) is 29.8 Å². The lowest BCUT2D eigenvalue weighted by molar-refractivity contribution is 0.342. The number of pyridine rings is 1. The summed E-state index contributed by atoms with van der Waals surface area (Å²) in [6, 6.07) is 12.0. The van der Waals surface area contributed by atoms with Crippen LogP contribution in [0, 0.1) is 0 Å². The fourth-order valence-corrected chi connectivity index (χ4v) is 2.22. The first-order valence-electron chi connectivity index (χ1n) is 5.26. The van der Waals surface area contributed by atoms with Gasteiger partial charge in [0.05, 0.1) is 17.8 Å². The van der Waals surface area contributed by atoms with Gasteiger partial charge in [0, 0.05) is 22.9 Å². The van der Waals surface area contributed by atoms with Crippen molar-refractivity contribution in [3.8, 4) is 5.75 Å². The van der Waals surface area contributed by atoms with Crippen LogP contribution in [0.3, 0.4) is 0 Å². The van der Waals surface area contributed by atoms with Crippen molar-refractivity contribution in [1.82, 2.24) is 4.98 Å². The molecule has 1 heterocycles. The minimum atomic E-state index is 0.596. The third-order valence-electron chi connectivity index (χ3n) is 2.04. The number of hydrogen-bond acceptors (Lipinski definition) is 3. The normalized spacial score (nSPS) is 10.2. The average Bonchev–Trinajstić information content (AvgIpc) is 2.36. The smallest absolute Gasteiger partial charge is 0.139 e. The van der Waals surface area contributed by atoms with Gasteiger partial charge >= 0.3 is 0 Å². The molecule has 0 amide bonds. The van der Waals surface area contributed by atoms with Crippen molar-refractivity contribution in [2.45, 2.75) is 4.90 Å². The Morgan fingerprint density at radius 2 is 2.00 bits per heavy atom. The van der Waals surface area contributed by atoms with Gasteiger partial charge in [-0.2, -0.15) is 0 Å². The molecule has 1 aromatic heterocycles. The lowest BCUT2D eigenvalue weighted by atomic mass is 10.4. The number of halogens is 1. The van der Waals surface area contributed by atoms with Crippen molar-refractivity contribution < 1.29 is 4.74 Å². The second kappa shape index (κ2) is 6.52. The maximum Gasteiger partial charge on any atom is 0.139 e. The molecule has 4 heteroatoms. The Morgan fingerprint density at radius 3 is 2.76 bits per heavy atom. The molecule has 0 bridgehead atoms. The standard InChI is InChI=1S/C13H12ClNOS/c14-11-8-12(10-15-9-11)16-6-7-17-13-4-2-1-3-5-13/h1-5,8-10H,6-7H2. The SMILES string of the molecule is Clc1cncc(OCCSc2ccccc2)c1. The van der Waals surface area contributed by atoms with Crippen LogP contribution >= 0.6 is 23.4 Å². The van der Waals surface area contributed by atoms with Crippen LogP contribution in [0.2, 0.25) is 5.02 Å². The summed E-state index contributed by atoms with van der Waals surface area (Å²) in [7, 11) is 0. The molecule has 2 nitrogen and oxygen atoms in total. The van der Waals surface area contributed by atoms with E-state index >= 15 is 0 Å². The van der Waals surface area contributed by atoms with Gasteiger partial charge < -0.3 is 4.74 Å². The van der Waals surface area contributed by atoms with Crippen LogP contribution in [-0.4, -0.2) is 17.3 Å². The highest BCUT2D eigenvalue weighted by Gasteiger charge is 1.97. The monoisotopic (exact) mass is 265 g/mol. The summed E-state index contributed by atoms with van der Waals surface area (Å²) in [6.45, 7) is 0.640. The maximum atomic E-state index is 5.81. The lowest BCUT2D eigenvalue weighted by Gasteiger charge is -2.05. The number of benzene rings is 1. The molecule has 0 spiro atoms. The zero-order valence-electron chi connectivity index (χ0n) is 9.17. The van der Waals surface area contributed by atoms with E-state index in [-0.39, 0.29) is 0 Å². The average molecular weight is 266 g/mol. The minimum Gasteiger partial charge on any atom is -0.491 e. The molecule has 0 aliphatic rings. The topological polar surface area (TPSA) is 22.1 Å². The number of rotatable bonds is 5. The summed E-state index contributed by atoms with van der Waals surface area (Å²) in [5, 5.41) is 0.596. The highest BCUT2D eigenvalue weighted by atomic mass is 35.5. The summed E-state index contributed by atoms with van der Waals surface area (Å²) < 4.78 is 5.54. The van der Waals surface area contributed by atoms with E-state index < -0.39 is 0 Å². The van der Waals surface area contributed by atoms with Gasteiger partial charge in [-0.05, 0) is 12.1 Å². The first kappa shape index (κ1) is 12.3. The Labute approximate surface area is 110 Å². The van der Waals surface area contributed by atoms with E-state index in [4.69, 9.17) is 16.3 Å². The maximum absolute atomic E-state index is 5.81. The summed E-state index contributed by atoms with van der Waals surface area (Å²) in [6.07, 6.45) is 3.26. The molecule has 0 atom stereocenters. The highest BCUT2D eigenvalue weighted by molar-refractivity contribution is 7.99. The van der Waals surface area contributed by atoms with Crippen molar-refractivity contribution in [3.05, 3.63) is 53.8 Å².